The Balaban J connectivity index is 1.43. The Morgan fingerprint density at radius 3 is 2.32 bits per heavy atom. The fraction of sp³-hybridized carbons (Fsp3) is 0.417. The van der Waals surface area contributed by atoms with Crippen LogP contribution >= 0.6 is 0 Å². The lowest BCUT2D eigenvalue weighted by molar-refractivity contribution is 0.0690. The summed E-state index contributed by atoms with van der Waals surface area (Å²) in [5.74, 6) is -1.51. The molecule has 2 aliphatic rings. The lowest BCUT2D eigenvalue weighted by Crippen LogP contribution is -2.37. The molecule has 1 saturated heterocycles. The molecule has 162 valence electrons. The minimum absolute atomic E-state index is 0.0167. The van der Waals surface area contributed by atoms with Gasteiger partial charge < -0.3 is 15.3 Å². The van der Waals surface area contributed by atoms with Crippen molar-refractivity contribution in [1.82, 2.24) is 9.88 Å². The average molecular weight is 421 g/mol. The van der Waals surface area contributed by atoms with E-state index in [0.29, 0.717) is 11.3 Å². The molecule has 31 heavy (non-hydrogen) atoms. The standard InChI is InChI=1S/C24H27N3O4/c1-23(2)10-18-11-24(3,13-23)14-27(18)21(29)15-4-7-17(8-5-15)26-20(28)19-9-6-16(12-25-19)22(30)31/h4-9,12,18H,10-11,13-14H2,1-3H3,(H,26,28)(H,30,31). The fourth-order valence-corrected chi connectivity index (χ4v) is 5.41. The summed E-state index contributed by atoms with van der Waals surface area (Å²) in [6.45, 7) is 7.64. The van der Waals surface area contributed by atoms with E-state index < -0.39 is 11.9 Å². The van der Waals surface area contributed by atoms with Gasteiger partial charge in [0.1, 0.15) is 5.69 Å². The Bertz CT molecular complexity index is 1030. The van der Waals surface area contributed by atoms with Crippen LogP contribution in [0.4, 0.5) is 5.69 Å². The lowest BCUT2D eigenvalue weighted by atomic mass is 9.65. The summed E-state index contributed by atoms with van der Waals surface area (Å²) in [4.78, 5) is 42.3. The number of carbonyl (C=O) groups is 3. The van der Waals surface area contributed by atoms with Crippen LogP contribution in [0.15, 0.2) is 42.6 Å². The predicted molar refractivity (Wildman–Crippen MR) is 116 cm³/mol. The van der Waals surface area contributed by atoms with Gasteiger partial charge in [0.15, 0.2) is 0 Å². The number of rotatable bonds is 4. The molecule has 2 N–H and O–H groups in total. The average Bonchev–Trinajstić information content (AvgIpc) is 2.96. The fourth-order valence-electron chi connectivity index (χ4n) is 5.41. The molecule has 2 unspecified atom stereocenters. The summed E-state index contributed by atoms with van der Waals surface area (Å²) < 4.78 is 0. The second-order valence-electron chi connectivity index (χ2n) is 9.92. The van der Waals surface area contributed by atoms with Crippen molar-refractivity contribution in [3.05, 3.63) is 59.4 Å². The van der Waals surface area contributed by atoms with Crippen molar-refractivity contribution in [2.24, 2.45) is 10.8 Å². The number of carbonyl (C=O) groups excluding carboxylic acids is 2. The van der Waals surface area contributed by atoms with Gasteiger partial charge in [-0.05, 0) is 66.5 Å². The maximum absolute atomic E-state index is 13.2. The topological polar surface area (TPSA) is 99.6 Å². The molecule has 2 aromatic rings. The number of amides is 2. The molecule has 2 amide bonds. The van der Waals surface area contributed by atoms with Crippen molar-refractivity contribution >= 4 is 23.5 Å². The Morgan fingerprint density at radius 1 is 1.03 bits per heavy atom. The number of nitrogens with zero attached hydrogens (tertiary/aromatic N) is 2. The summed E-state index contributed by atoms with van der Waals surface area (Å²) in [7, 11) is 0. The molecular formula is C24H27N3O4. The van der Waals surface area contributed by atoms with Crippen molar-refractivity contribution in [2.45, 2.75) is 46.1 Å². The third-order valence-corrected chi connectivity index (χ3v) is 6.31. The summed E-state index contributed by atoms with van der Waals surface area (Å²) in [6.07, 6.45) is 4.36. The van der Waals surface area contributed by atoms with Crippen molar-refractivity contribution in [3.63, 3.8) is 0 Å². The van der Waals surface area contributed by atoms with Gasteiger partial charge in [0.25, 0.3) is 11.8 Å². The molecule has 2 heterocycles. The number of fused-ring (bicyclic) bond motifs is 2. The number of carboxylic acids is 1. The number of pyridine rings is 1. The van der Waals surface area contributed by atoms with Crippen molar-refractivity contribution in [3.8, 4) is 0 Å². The maximum atomic E-state index is 13.2. The number of aromatic nitrogens is 1. The van der Waals surface area contributed by atoms with E-state index in [9.17, 15) is 14.4 Å². The van der Waals surface area contributed by atoms with Gasteiger partial charge in [-0.25, -0.2) is 4.79 Å². The van der Waals surface area contributed by atoms with Crippen LogP contribution in [0, 0.1) is 10.8 Å². The highest BCUT2D eigenvalue weighted by Crippen LogP contribution is 2.52. The summed E-state index contributed by atoms with van der Waals surface area (Å²) in [6, 6.07) is 9.84. The van der Waals surface area contributed by atoms with Crippen LogP contribution < -0.4 is 5.32 Å². The van der Waals surface area contributed by atoms with Crippen molar-refractivity contribution in [1.29, 1.82) is 0 Å². The van der Waals surface area contributed by atoms with Crippen LogP contribution in [0.2, 0.25) is 0 Å². The number of likely N-dealkylation sites (tertiary alicyclic amines) is 1. The number of benzene rings is 1. The second-order valence-corrected chi connectivity index (χ2v) is 9.92. The van der Waals surface area contributed by atoms with Gasteiger partial charge in [-0.3, -0.25) is 14.6 Å². The van der Waals surface area contributed by atoms with Crippen molar-refractivity contribution < 1.29 is 19.5 Å². The van der Waals surface area contributed by atoms with Gasteiger partial charge in [-0.15, -0.1) is 0 Å². The smallest absolute Gasteiger partial charge is 0.337 e. The molecule has 2 fully saturated rings. The van der Waals surface area contributed by atoms with Gasteiger partial charge in [0.05, 0.1) is 5.56 Å². The van der Waals surface area contributed by atoms with Gasteiger partial charge in [-0.2, -0.15) is 0 Å². The first-order valence-electron chi connectivity index (χ1n) is 10.5. The van der Waals surface area contributed by atoms with Crippen LogP contribution in [0.25, 0.3) is 0 Å². The molecule has 1 aromatic heterocycles. The Kier molecular flexibility index (Phi) is 5.07. The Hall–Kier alpha value is -3.22. The second kappa shape index (κ2) is 7.48. The number of hydrogen-bond acceptors (Lipinski definition) is 4. The Labute approximate surface area is 181 Å². The van der Waals surface area contributed by atoms with Crippen LogP contribution in [-0.2, 0) is 0 Å². The molecule has 2 atom stereocenters. The number of carboxylic acid groups (broad SMARTS) is 1. The molecule has 0 radical (unpaired) electrons. The zero-order valence-electron chi connectivity index (χ0n) is 18.0. The first-order valence-corrected chi connectivity index (χ1v) is 10.5. The van der Waals surface area contributed by atoms with Gasteiger partial charge in [0, 0.05) is 30.0 Å². The van der Waals surface area contributed by atoms with Gasteiger partial charge in [-0.1, -0.05) is 20.8 Å². The first-order chi connectivity index (χ1) is 14.6. The van der Waals surface area contributed by atoms with E-state index in [4.69, 9.17) is 5.11 Å². The summed E-state index contributed by atoms with van der Waals surface area (Å²) in [5, 5.41) is 11.6. The molecule has 0 spiro atoms. The van der Waals surface area contributed by atoms with Gasteiger partial charge >= 0.3 is 5.97 Å². The van der Waals surface area contributed by atoms with E-state index in [1.165, 1.54) is 12.1 Å². The summed E-state index contributed by atoms with van der Waals surface area (Å²) >= 11 is 0. The predicted octanol–water partition coefficient (Wildman–Crippen LogP) is 4.07. The SMILES string of the molecule is CC1(C)CC2CC(C)(CN2C(=O)c2ccc(NC(=O)c3ccc(C(=O)O)cn3)cc2)C1. The van der Waals surface area contributed by atoms with E-state index in [0.717, 1.165) is 32.0 Å². The molecule has 1 aliphatic heterocycles. The molecule has 1 saturated carbocycles. The highest BCUT2D eigenvalue weighted by molar-refractivity contribution is 6.03. The largest absolute Gasteiger partial charge is 0.478 e. The van der Waals surface area contributed by atoms with Crippen LogP contribution in [-0.4, -0.2) is 45.4 Å². The van der Waals surface area contributed by atoms with E-state index in [2.05, 4.69) is 31.1 Å². The minimum Gasteiger partial charge on any atom is -0.478 e. The zero-order chi connectivity index (χ0) is 22.4. The number of anilines is 1. The van der Waals surface area contributed by atoms with E-state index in [-0.39, 0.29) is 34.0 Å². The first kappa shape index (κ1) is 21.0. The van der Waals surface area contributed by atoms with Crippen LogP contribution in [0.3, 0.4) is 0 Å². The van der Waals surface area contributed by atoms with E-state index >= 15 is 0 Å². The molecule has 1 aromatic carbocycles. The van der Waals surface area contributed by atoms with Crippen LogP contribution in [0.1, 0.15) is 71.2 Å². The molecule has 7 nitrogen and oxygen atoms in total. The third-order valence-electron chi connectivity index (χ3n) is 6.31. The molecule has 4 rings (SSSR count). The zero-order valence-corrected chi connectivity index (χ0v) is 18.0. The maximum Gasteiger partial charge on any atom is 0.337 e. The highest BCUT2D eigenvalue weighted by atomic mass is 16.4. The molecule has 1 aliphatic carbocycles. The quantitative estimate of drug-likeness (QED) is 0.775. The summed E-state index contributed by atoms with van der Waals surface area (Å²) in [5.41, 5.74) is 1.71. The van der Waals surface area contributed by atoms with E-state index in [1.807, 2.05) is 4.90 Å². The van der Waals surface area contributed by atoms with Crippen LogP contribution in [0.5, 0.6) is 0 Å². The monoisotopic (exact) mass is 421 g/mol. The van der Waals surface area contributed by atoms with Crippen molar-refractivity contribution in [2.75, 3.05) is 11.9 Å². The Morgan fingerprint density at radius 2 is 1.71 bits per heavy atom. The number of aromatic carboxylic acids is 1. The normalized spacial score (nSPS) is 24.0. The molecular weight excluding hydrogens is 394 g/mol. The molecule has 7 heteroatoms. The van der Waals surface area contributed by atoms with E-state index in [1.54, 1.807) is 24.3 Å². The highest BCUT2D eigenvalue weighted by Gasteiger charge is 2.50. The van der Waals surface area contributed by atoms with Gasteiger partial charge in [0.2, 0.25) is 0 Å². The lowest BCUT2D eigenvalue weighted by Gasteiger charge is -2.39. The third kappa shape index (κ3) is 4.31. The minimum atomic E-state index is -1.10. The number of hydrogen-bond donors (Lipinski definition) is 2. The molecule has 2 bridgehead atoms. The number of nitrogens with one attached hydrogen (secondary N) is 1.